The summed E-state index contributed by atoms with van der Waals surface area (Å²) in [6, 6.07) is 3.16. The van der Waals surface area contributed by atoms with Gasteiger partial charge in [0, 0.05) is 20.1 Å². The van der Waals surface area contributed by atoms with E-state index in [-0.39, 0.29) is 11.8 Å². The third kappa shape index (κ3) is 2.23. The number of amides is 3. The van der Waals surface area contributed by atoms with Gasteiger partial charge in [-0.2, -0.15) is 0 Å². The summed E-state index contributed by atoms with van der Waals surface area (Å²) in [5, 5.41) is 0. The first-order valence-corrected chi connectivity index (χ1v) is 5.21. The van der Waals surface area contributed by atoms with Crippen LogP contribution in [0.1, 0.15) is 16.3 Å². The van der Waals surface area contributed by atoms with Gasteiger partial charge in [0.15, 0.2) is 5.76 Å². The molecule has 0 aromatic carbocycles. The van der Waals surface area contributed by atoms with E-state index in [0.717, 1.165) is 0 Å². The third-order valence-electron chi connectivity index (χ3n) is 2.67. The maximum absolute atomic E-state index is 11.6. The van der Waals surface area contributed by atoms with Gasteiger partial charge in [0.05, 0.1) is 6.54 Å². The number of likely N-dealkylation sites (N-methyl/N-ethyl adjacent to an activating group) is 1. The fraction of sp³-hybridized carbons (Fsp3) is 0.400. The molecule has 1 fully saturated rings. The maximum atomic E-state index is 11.6. The number of hydrogen-bond acceptors (Lipinski definition) is 4. The number of urea groups is 1. The van der Waals surface area contributed by atoms with Gasteiger partial charge in [-0.1, -0.05) is 0 Å². The van der Waals surface area contributed by atoms with Gasteiger partial charge >= 0.3 is 11.9 Å². The van der Waals surface area contributed by atoms with Crippen LogP contribution in [0.5, 0.6) is 0 Å². The Morgan fingerprint density at radius 3 is 2.88 bits per heavy atom. The number of nitrogens with two attached hydrogens (primary N) is 1. The van der Waals surface area contributed by atoms with Crippen LogP contribution in [0.3, 0.4) is 0 Å². The molecule has 0 unspecified atom stereocenters. The van der Waals surface area contributed by atoms with Crippen LogP contribution in [-0.2, 0) is 6.54 Å². The van der Waals surface area contributed by atoms with Crippen molar-refractivity contribution >= 4 is 11.9 Å². The summed E-state index contributed by atoms with van der Waals surface area (Å²) in [6.07, 6.45) is 0. The van der Waals surface area contributed by atoms with Crippen molar-refractivity contribution in [2.45, 2.75) is 6.54 Å². The second kappa shape index (κ2) is 4.46. The Balaban J connectivity index is 2.02. The lowest BCUT2D eigenvalue weighted by Crippen LogP contribution is -2.30. The van der Waals surface area contributed by atoms with Crippen molar-refractivity contribution in [1.29, 1.82) is 0 Å². The first-order valence-electron chi connectivity index (χ1n) is 5.21. The Hall–Kier alpha value is -2.02. The summed E-state index contributed by atoms with van der Waals surface area (Å²) in [7, 11) is 1.75. The summed E-state index contributed by atoms with van der Waals surface area (Å²) in [6.45, 7) is 1.73. The second-order valence-electron chi connectivity index (χ2n) is 3.87. The average Bonchev–Trinajstić information content (AvgIpc) is 2.91. The summed E-state index contributed by atoms with van der Waals surface area (Å²) in [5.41, 5.74) is 1.98. The molecule has 0 bridgehead atoms. The number of rotatable bonds is 3. The SMILES string of the molecule is CN1CCN(Cc2ccc(C(=O)NN)o2)C1=O. The zero-order valence-corrected chi connectivity index (χ0v) is 9.47. The van der Waals surface area contributed by atoms with E-state index in [1.165, 1.54) is 6.07 Å². The van der Waals surface area contributed by atoms with Crippen molar-refractivity contribution in [2.24, 2.45) is 5.84 Å². The smallest absolute Gasteiger partial charge is 0.320 e. The predicted molar refractivity (Wildman–Crippen MR) is 58.8 cm³/mol. The molecular weight excluding hydrogens is 224 g/mol. The first kappa shape index (κ1) is 11.5. The Kier molecular flexibility index (Phi) is 3.01. The number of nitrogen functional groups attached to an aromatic ring is 1. The van der Waals surface area contributed by atoms with Gasteiger partial charge in [-0.15, -0.1) is 0 Å². The number of nitrogens with one attached hydrogen (secondary N) is 1. The van der Waals surface area contributed by atoms with E-state index in [4.69, 9.17) is 10.3 Å². The summed E-state index contributed by atoms with van der Waals surface area (Å²) >= 11 is 0. The average molecular weight is 238 g/mol. The number of hydrazine groups is 1. The van der Waals surface area contributed by atoms with Crippen LogP contribution >= 0.6 is 0 Å². The van der Waals surface area contributed by atoms with E-state index in [0.29, 0.717) is 25.4 Å². The van der Waals surface area contributed by atoms with Gasteiger partial charge < -0.3 is 14.2 Å². The van der Waals surface area contributed by atoms with Crippen molar-refractivity contribution in [3.63, 3.8) is 0 Å². The third-order valence-corrected chi connectivity index (χ3v) is 2.67. The minimum Gasteiger partial charge on any atom is -0.454 e. The highest BCUT2D eigenvalue weighted by Crippen LogP contribution is 2.14. The van der Waals surface area contributed by atoms with E-state index >= 15 is 0 Å². The van der Waals surface area contributed by atoms with Crippen LogP contribution < -0.4 is 11.3 Å². The molecule has 1 saturated heterocycles. The molecule has 1 aliphatic rings. The second-order valence-corrected chi connectivity index (χ2v) is 3.87. The molecule has 7 heteroatoms. The summed E-state index contributed by atoms with van der Waals surface area (Å²) < 4.78 is 5.28. The van der Waals surface area contributed by atoms with Crippen LogP contribution in [0.4, 0.5) is 4.79 Å². The van der Waals surface area contributed by atoms with Crippen molar-refractivity contribution in [3.05, 3.63) is 23.7 Å². The van der Waals surface area contributed by atoms with Crippen LogP contribution in [0.25, 0.3) is 0 Å². The molecule has 0 aliphatic carbocycles. The number of nitrogens with zero attached hydrogens (tertiary/aromatic N) is 2. The lowest BCUT2D eigenvalue weighted by molar-refractivity contribution is 0.0923. The molecule has 1 aliphatic heterocycles. The topological polar surface area (TPSA) is 91.8 Å². The summed E-state index contributed by atoms with van der Waals surface area (Å²) in [5.74, 6) is 5.20. The number of carbonyl (C=O) groups excluding carboxylic acids is 2. The van der Waals surface area contributed by atoms with Crippen molar-refractivity contribution in [3.8, 4) is 0 Å². The van der Waals surface area contributed by atoms with Crippen LogP contribution in [-0.4, -0.2) is 41.9 Å². The highest BCUT2D eigenvalue weighted by Gasteiger charge is 2.26. The van der Waals surface area contributed by atoms with E-state index in [9.17, 15) is 9.59 Å². The zero-order chi connectivity index (χ0) is 12.4. The fourth-order valence-electron chi connectivity index (χ4n) is 1.69. The van der Waals surface area contributed by atoms with E-state index < -0.39 is 5.91 Å². The lowest BCUT2D eigenvalue weighted by Gasteiger charge is -2.13. The highest BCUT2D eigenvalue weighted by molar-refractivity contribution is 5.90. The van der Waals surface area contributed by atoms with Gasteiger partial charge in [-0.25, -0.2) is 10.6 Å². The fourth-order valence-corrected chi connectivity index (χ4v) is 1.69. The van der Waals surface area contributed by atoms with Crippen molar-refractivity contribution < 1.29 is 14.0 Å². The molecule has 1 aromatic rings. The molecule has 0 saturated carbocycles. The van der Waals surface area contributed by atoms with Gasteiger partial charge in [-0.05, 0) is 12.1 Å². The van der Waals surface area contributed by atoms with Crippen molar-refractivity contribution in [2.75, 3.05) is 20.1 Å². The molecule has 1 aromatic heterocycles. The minimum atomic E-state index is -0.485. The molecule has 0 atom stereocenters. The molecule has 3 N–H and O–H groups in total. The molecule has 92 valence electrons. The normalized spacial score (nSPS) is 15.5. The minimum absolute atomic E-state index is 0.0359. The predicted octanol–water partition coefficient (Wildman–Crippen LogP) is -0.249. The van der Waals surface area contributed by atoms with Gasteiger partial charge in [0.25, 0.3) is 0 Å². The summed E-state index contributed by atoms with van der Waals surface area (Å²) in [4.78, 5) is 26.1. The van der Waals surface area contributed by atoms with Gasteiger partial charge in [-0.3, -0.25) is 10.2 Å². The quantitative estimate of drug-likeness (QED) is 0.431. The molecule has 3 amide bonds. The van der Waals surface area contributed by atoms with E-state index in [1.807, 2.05) is 5.43 Å². The molecule has 17 heavy (non-hydrogen) atoms. The lowest BCUT2D eigenvalue weighted by atomic mass is 10.4. The Labute approximate surface area is 98.1 Å². The van der Waals surface area contributed by atoms with Crippen LogP contribution in [0.15, 0.2) is 16.5 Å². The van der Waals surface area contributed by atoms with Crippen LogP contribution in [0.2, 0.25) is 0 Å². The highest BCUT2D eigenvalue weighted by atomic mass is 16.4. The molecule has 0 spiro atoms. The molecule has 2 heterocycles. The Morgan fingerprint density at radius 1 is 1.53 bits per heavy atom. The largest absolute Gasteiger partial charge is 0.454 e. The van der Waals surface area contributed by atoms with Gasteiger partial charge in [0.2, 0.25) is 0 Å². The monoisotopic (exact) mass is 238 g/mol. The van der Waals surface area contributed by atoms with Gasteiger partial charge in [0.1, 0.15) is 5.76 Å². The molecular formula is C10H14N4O3. The van der Waals surface area contributed by atoms with Crippen LogP contribution in [0, 0.1) is 0 Å². The molecule has 7 nitrogen and oxygen atoms in total. The van der Waals surface area contributed by atoms with E-state index in [2.05, 4.69) is 0 Å². The maximum Gasteiger partial charge on any atom is 0.320 e. The molecule has 2 rings (SSSR count). The standard InChI is InChI=1S/C10H14N4O3/c1-13-4-5-14(10(13)16)6-7-2-3-8(17-7)9(15)12-11/h2-3H,4-6,11H2,1H3,(H,12,15). The number of carbonyl (C=O) groups is 2. The first-order chi connectivity index (χ1) is 8.11. The Morgan fingerprint density at radius 2 is 2.29 bits per heavy atom. The number of furan rings is 1. The number of hydrogen-bond donors (Lipinski definition) is 2. The van der Waals surface area contributed by atoms with Crippen molar-refractivity contribution in [1.82, 2.24) is 15.2 Å². The van der Waals surface area contributed by atoms with E-state index in [1.54, 1.807) is 22.9 Å². The zero-order valence-electron chi connectivity index (χ0n) is 9.47. The molecule has 0 radical (unpaired) electrons. The Bertz CT molecular complexity index is 443.